The fraction of sp³-hybridized carbons (Fsp3) is 0.500. The summed E-state index contributed by atoms with van der Waals surface area (Å²) in [6.45, 7) is 13.0. The summed E-state index contributed by atoms with van der Waals surface area (Å²) in [4.78, 5) is 22.2. The van der Waals surface area contributed by atoms with E-state index >= 15 is 0 Å². The fourth-order valence-corrected chi connectivity index (χ4v) is 5.76. The Kier molecular flexibility index (Phi) is 9.67. The molecule has 0 spiro atoms. The van der Waals surface area contributed by atoms with Gasteiger partial charge in [-0.3, -0.25) is 9.69 Å². The molecule has 0 unspecified atom stereocenters. The molecule has 2 aromatic carbocycles. The van der Waals surface area contributed by atoms with E-state index in [2.05, 4.69) is 69.0 Å². The summed E-state index contributed by atoms with van der Waals surface area (Å²) >= 11 is 1.58. The second-order valence-corrected chi connectivity index (χ2v) is 12.6. The van der Waals surface area contributed by atoms with E-state index in [9.17, 15) is 4.79 Å². The summed E-state index contributed by atoms with van der Waals surface area (Å²) in [6.07, 6.45) is 3.00. The van der Waals surface area contributed by atoms with Crippen LogP contribution in [0.5, 0.6) is 11.5 Å². The van der Waals surface area contributed by atoms with Crippen LogP contribution in [0.3, 0.4) is 0 Å². The first-order valence-corrected chi connectivity index (χ1v) is 14.8. The highest BCUT2D eigenvalue weighted by molar-refractivity contribution is 7.09. The van der Waals surface area contributed by atoms with Gasteiger partial charge in [-0.1, -0.05) is 58.0 Å². The number of likely N-dealkylation sites (tertiary alicyclic amines) is 1. The molecule has 1 saturated heterocycles. The maximum Gasteiger partial charge on any atom is 0.273 e. The Morgan fingerprint density at radius 2 is 1.67 bits per heavy atom. The lowest BCUT2D eigenvalue weighted by Gasteiger charge is -2.29. The van der Waals surface area contributed by atoms with Gasteiger partial charge in [0.05, 0.1) is 20.8 Å². The quantitative estimate of drug-likeness (QED) is 0.286. The number of hydrogen-bond acceptors (Lipinski definition) is 6. The molecule has 4 rings (SSSR count). The van der Waals surface area contributed by atoms with Gasteiger partial charge in [0, 0.05) is 31.6 Å². The summed E-state index contributed by atoms with van der Waals surface area (Å²) < 4.78 is 10.9. The second-order valence-electron chi connectivity index (χ2n) is 11.7. The van der Waals surface area contributed by atoms with Crippen molar-refractivity contribution in [2.45, 2.75) is 65.5 Å². The van der Waals surface area contributed by atoms with Gasteiger partial charge in [-0.25, -0.2) is 4.98 Å². The molecule has 0 radical (unpaired) electrons. The number of hydrogen-bond donors (Lipinski definition) is 0. The molecule has 1 amide bonds. The molecule has 0 bridgehead atoms. The Hall–Kier alpha value is -2.90. The van der Waals surface area contributed by atoms with Gasteiger partial charge in [0.1, 0.15) is 10.7 Å². The topological polar surface area (TPSA) is 54.9 Å². The maximum absolute atomic E-state index is 13.1. The summed E-state index contributed by atoms with van der Waals surface area (Å²) in [5, 5.41) is 2.91. The highest BCUT2D eigenvalue weighted by atomic mass is 32.1. The van der Waals surface area contributed by atoms with Crippen LogP contribution >= 0.6 is 11.3 Å². The SMILES string of the molecule is COc1ccc(CCN(Cc2ccc(C(C)(C)C)cc2)Cc2nc(C(=O)N3CCC(C)CC3)cs2)cc1OC. The Morgan fingerprint density at radius 1 is 1.00 bits per heavy atom. The van der Waals surface area contributed by atoms with Crippen molar-refractivity contribution in [1.29, 1.82) is 0 Å². The zero-order valence-electron chi connectivity index (χ0n) is 24.3. The average Bonchev–Trinajstić information content (AvgIpc) is 3.39. The first-order valence-electron chi connectivity index (χ1n) is 13.9. The Bertz CT molecular complexity index is 1220. The molecule has 2 heterocycles. The molecule has 0 N–H and O–H groups in total. The highest BCUT2D eigenvalue weighted by Crippen LogP contribution is 2.28. The van der Waals surface area contributed by atoms with Crippen LogP contribution < -0.4 is 9.47 Å². The van der Waals surface area contributed by atoms with Crippen molar-refractivity contribution in [2.75, 3.05) is 33.9 Å². The number of aromatic nitrogens is 1. The zero-order valence-corrected chi connectivity index (χ0v) is 25.1. The molecule has 0 atom stereocenters. The molecule has 210 valence electrons. The number of methoxy groups -OCH3 is 2. The minimum Gasteiger partial charge on any atom is -0.493 e. The van der Waals surface area contributed by atoms with Gasteiger partial charge in [0.2, 0.25) is 0 Å². The smallest absolute Gasteiger partial charge is 0.273 e. The number of rotatable bonds is 10. The van der Waals surface area contributed by atoms with Crippen molar-refractivity contribution in [3.8, 4) is 11.5 Å². The first-order chi connectivity index (χ1) is 18.7. The van der Waals surface area contributed by atoms with Crippen molar-refractivity contribution in [3.63, 3.8) is 0 Å². The molecule has 7 heteroatoms. The Morgan fingerprint density at radius 3 is 2.31 bits per heavy atom. The Balaban J connectivity index is 1.48. The van der Waals surface area contributed by atoms with Gasteiger partial charge in [0.25, 0.3) is 5.91 Å². The lowest BCUT2D eigenvalue weighted by atomic mass is 9.87. The van der Waals surface area contributed by atoms with E-state index in [-0.39, 0.29) is 11.3 Å². The van der Waals surface area contributed by atoms with E-state index in [1.807, 2.05) is 16.3 Å². The van der Waals surface area contributed by atoms with E-state index in [1.54, 1.807) is 25.6 Å². The van der Waals surface area contributed by atoms with Crippen LogP contribution in [0.15, 0.2) is 47.8 Å². The molecule has 0 saturated carbocycles. The van der Waals surface area contributed by atoms with Crippen LogP contribution in [0.25, 0.3) is 0 Å². The van der Waals surface area contributed by atoms with Crippen LogP contribution in [-0.2, 0) is 24.9 Å². The van der Waals surface area contributed by atoms with E-state index in [1.165, 1.54) is 16.7 Å². The van der Waals surface area contributed by atoms with Gasteiger partial charge < -0.3 is 14.4 Å². The van der Waals surface area contributed by atoms with Crippen molar-refractivity contribution >= 4 is 17.2 Å². The van der Waals surface area contributed by atoms with Gasteiger partial charge >= 0.3 is 0 Å². The number of thiazole rings is 1. The Labute approximate surface area is 238 Å². The largest absolute Gasteiger partial charge is 0.493 e. The third-order valence-corrected chi connectivity index (χ3v) is 8.42. The minimum absolute atomic E-state index is 0.0686. The van der Waals surface area contributed by atoms with E-state index in [4.69, 9.17) is 14.5 Å². The number of piperidine rings is 1. The lowest BCUT2D eigenvalue weighted by Crippen LogP contribution is -2.38. The number of nitrogens with zero attached hydrogens (tertiary/aromatic N) is 3. The van der Waals surface area contributed by atoms with Crippen LogP contribution in [0.2, 0.25) is 0 Å². The van der Waals surface area contributed by atoms with Gasteiger partial charge in [0.15, 0.2) is 11.5 Å². The number of benzene rings is 2. The third-order valence-electron chi connectivity index (χ3n) is 7.59. The van der Waals surface area contributed by atoms with Crippen molar-refractivity contribution in [1.82, 2.24) is 14.8 Å². The fourth-order valence-electron chi connectivity index (χ4n) is 4.95. The molecule has 1 aromatic heterocycles. The van der Waals surface area contributed by atoms with Crippen LogP contribution in [0, 0.1) is 5.92 Å². The van der Waals surface area contributed by atoms with Crippen molar-refractivity contribution < 1.29 is 14.3 Å². The maximum atomic E-state index is 13.1. The second kappa shape index (κ2) is 13.0. The number of amides is 1. The van der Waals surface area contributed by atoms with Crippen molar-refractivity contribution in [2.24, 2.45) is 5.92 Å². The monoisotopic (exact) mass is 549 g/mol. The number of carbonyl (C=O) groups excluding carboxylic acids is 1. The van der Waals surface area contributed by atoms with E-state index < -0.39 is 0 Å². The molecular weight excluding hydrogens is 506 g/mol. The van der Waals surface area contributed by atoms with E-state index in [0.717, 1.165) is 61.9 Å². The van der Waals surface area contributed by atoms with Crippen molar-refractivity contribution in [3.05, 3.63) is 75.2 Å². The molecule has 0 aliphatic carbocycles. The molecule has 1 aliphatic rings. The van der Waals surface area contributed by atoms with Crippen LogP contribution in [-0.4, -0.2) is 54.5 Å². The normalized spacial score (nSPS) is 14.6. The first kappa shape index (κ1) is 29.1. The molecule has 1 fully saturated rings. The van der Waals surface area contributed by atoms with Crippen LogP contribution in [0.1, 0.15) is 72.7 Å². The predicted octanol–water partition coefficient (Wildman–Crippen LogP) is 6.57. The molecule has 3 aromatic rings. The lowest BCUT2D eigenvalue weighted by molar-refractivity contribution is 0.0691. The summed E-state index contributed by atoms with van der Waals surface area (Å²) in [5.74, 6) is 2.24. The highest BCUT2D eigenvalue weighted by Gasteiger charge is 2.24. The van der Waals surface area contributed by atoms with Gasteiger partial charge in [-0.15, -0.1) is 11.3 Å². The number of carbonyl (C=O) groups is 1. The van der Waals surface area contributed by atoms with Gasteiger partial charge in [-0.2, -0.15) is 0 Å². The molecule has 1 aliphatic heterocycles. The molecular formula is C32H43N3O3S. The van der Waals surface area contributed by atoms with Crippen LogP contribution in [0.4, 0.5) is 0 Å². The van der Waals surface area contributed by atoms with E-state index in [0.29, 0.717) is 18.2 Å². The molecule has 39 heavy (non-hydrogen) atoms. The predicted molar refractivity (Wildman–Crippen MR) is 159 cm³/mol. The third kappa shape index (κ3) is 7.83. The minimum atomic E-state index is 0.0686. The summed E-state index contributed by atoms with van der Waals surface area (Å²) in [6, 6.07) is 15.1. The summed E-state index contributed by atoms with van der Waals surface area (Å²) in [7, 11) is 3.32. The standard InChI is InChI=1S/C32H43N3O3S/c1-23-13-17-35(18-14-23)31(36)27-22-39-30(33-27)21-34(20-25-7-10-26(11-8-25)32(2,3)4)16-15-24-9-12-28(37-5)29(19-24)38-6/h7-12,19,22-23H,13-18,20-21H2,1-6H3. The van der Waals surface area contributed by atoms with Gasteiger partial charge in [-0.05, 0) is 59.4 Å². The molecule has 6 nitrogen and oxygen atoms in total. The summed E-state index contributed by atoms with van der Waals surface area (Å²) in [5.41, 5.74) is 4.50. The zero-order chi connectivity index (χ0) is 28.0. The number of ether oxygens (including phenoxy) is 2. The average molecular weight is 550 g/mol.